The van der Waals surface area contributed by atoms with E-state index in [-0.39, 0.29) is 31.8 Å². The van der Waals surface area contributed by atoms with Crippen LogP contribution in [0.15, 0.2) is 30.3 Å². The van der Waals surface area contributed by atoms with Crippen LogP contribution in [0, 0.1) is 11.8 Å². The van der Waals surface area contributed by atoms with Crippen LogP contribution in [0.3, 0.4) is 0 Å². The first-order valence-electron chi connectivity index (χ1n) is 18.1. The number of benzene rings is 1. The number of aliphatic hydroxyl groups excluding tert-OH is 2. The molecule has 0 bridgehead atoms. The van der Waals surface area contributed by atoms with Gasteiger partial charge in [-0.15, -0.1) is 11.6 Å². The van der Waals surface area contributed by atoms with E-state index in [2.05, 4.69) is 31.9 Å². The highest BCUT2D eigenvalue weighted by molar-refractivity contribution is 6.28. The lowest BCUT2D eigenvalue weighted by Gasteiger charge is -2.28. The Morgan fingerprint density at radius 3 is 1.72 bits per heavy atom. The Balaban J connectivity index is 3.11. The Morgan fingerprint density at radius 2 is 1.21 bits per heavy atom. The zero-order valence-electron chi connectivity index (χ0n) is 32.5. The summed E-state index contributed by atoms with van der Waals surface area (Å²) in [6.07, 6.45) is -3.68. The molecular weight excluding hydrogens is 772 g/mol. The maximum atomic E-state index is 13.4. The fourth-order valence-corrected chi connectivity index (χ4v) is 5.34. The fraction of sp³-hybridized carbons (Fsp3) is 0.583. The summed E-state index contributed by atoms with van der Waals surface area (Å²) in [5.74, 6) is -8.76. The van der Waals surface area contributed by atoms with Gasteiger partial charge in [-0.05, 0) is 37.2 Å². The third-order valence-corrected chi connectivity index (χ3v) is 8.47. The Bertz CT molecular complexity index is 1560. The van der Waals surface area contributed by atoms with E-state index in [1.54, 1.807) is 58.0 Å². The standard InChI is InChI=1S/C36H55ClN8O12/c1-18(2)13-23(31(51)40-22(26(48)15-37)11-12-27(38)49)41-35(55)30(20(5)47)44-33(53)25(16-46)43-32(52)24(14-28(39)50)42-34(54)29(19(3)4)45-36(56)57-17-21-9-7-6-8-10-21/h6-10,18-20,22-25,29-30,46-47H,11-17H2,1-5H3,(H2,38,49)(H2,39,50)(H,40,51)(H,41,55)(H,42,54)(H,43,52)(H,44,53)(H,45,56). The number of amides is 8. The van der Waals surface area contributed by atoms with Gasteiger partial charge < -0.3 is 58.3 Å². The number of ketones is 1. The third-order valence-electron chi connectivity index (χ3n) is 8.21. The number of rotatable bonds is 25. The summed E-state index contributed by atoms with van der Waals surface area (Å²) >= 11 is 5.66. The highest BCUT2D eigenvalue weighted by atomic mass is 35.5. The first-order chi connectivity index (χ1) is 26.7. The minimum atomic E-state index is -1.81. The van der Waals surface area contributed by atoms with Crippen LogP contribution in [0.4, 0.5) is 4.79 Å². The van der Waals surface area contributed by atoms with Crippen molar-refractivity contribution >= 4 is 64.8 Å². The number of alkyl carbamates (subject to hydrolysis) is 1. The third kappa shape index (κ3) is 18.4. The van der Waals surface area contributed by atoms with Gasteiger partial charge in [-0.25, -0.2) is 4.79 Å². The van der Waals surface area contributed by atoms with E-state index < -0.39 is 120 Å². The molecule has 0 radical (unpaired) electrons. The van der Waals surface area contributed by atoms with Crippen molar-refractivity contribution in [1.29, 1.82) is 0 Å². The molecule has 21 heteroatoms. The molecule has 1 aromatic carbocycles. The van der Waals surface area contributed by atoms with Crippen molar-refractivity contribution in [3.63, 3.8) is 0 Å². The van der Waals surface area contributed by atoms with Crippen molar-refractivity contribution in [1.82, 2.24) is 31.9 Å². The number of primary amides is 2. The van der Waals surface area contributed by atoms with Gasteiger partial charge >= 0.3 is 6.09 Å². The number of nitrogens with two attached hydrogens (primary N) is 2. The number of hydrogen-bond acceptors (Lipinski definition) is 12. The molecule has 7 atom stereocenters. The quantitative estimate of drug-likeness (QED) is 0.0467. The Morgan fingerprint density at radius 1 is 0.684 bits per heavy atom. The minimum Gasteiger partial charge on any atom is -0.445 e. The number of carbonyl (C=O) groups excluding carboxylic acids is 9. The van der Waals surface area contributed by atoms with Gasteiger partial charge in [0.25, 0.3) is 0 Å². The van der Waals surface area contributed by atoms with Crippen LogP contribution in [0.5, 0.6) is 0 Å². The molecule has 1 rings (SSSR count). The molecule has 20 nitrogen and oxygen atoms in total. The lowest BCUT2D eigenvalue weighted by Crippen LogP contribution is -2.62. The maximum absolute atomic E-state index is 13.4. The fourth-order valence-electron chi connectivity index (χ4n) is 5.15. The zero-order chi connectivity index (χ0) is 43.4. The summed E-state index contributed by atoms with van der Waals surface area (Å²) in [5.41, 5.74) is 11.2. The number of carbonyl (C=O) groups is 9. The summed E-state index contributed by atoms with van der Waals surface area (Å²) in [4.78, 5) is 115. The van der Waals surface area contributed by atoms with Crippen LogP contribution in [-0.4, -0.2) is 118 Å². The van der Waals surface area contributed by atoms with E-state index in [0.29, 0.717) is 5.56 Å². The van der Waals surface area contributed by atoms with Gasteiger partial charge in [-0.3, -0.25) is 38.4 Å². The predicted molar refractivity (Wildman–Crippen MR) is 204 cm³/mol. The largest absolute Gasteiger partial charge is 0.445 e. The number of nitrogens with one attached hydrogen (secondary N) is 6. The molecule has 8 amide bonds. The highest BCUT2D eigenvalue weighted by Gasteiger charge is 2.35. The molecule has 0 saturated heterocycles. The second kappa shape index (κ2) is 25.0. The topological polar surface area (TPSA) is 328 Å². The lowest BCUT2D eigenvalue weighted by molar-refractivity contribution is -0.137. The SMILES string of the molecule is CC(C)CC(NC(=O)C(NC(=O)C(CO)NC(=O)C(CC(N)=O)NC(=O)C(NC(=O)OCc1ccccc1)C(C)C)C(C)O)C(=O)NC(CCC(N)=O)C(=O)CCl. The number of Topliss-reactive ketones (excluding diaryl/α,β-unsaturated/α-hetero) is 1. The molecule has 0 aliphatic carbocycles. The number of aliphatic hydroxyl groups is 2. The number of halogens is 1. The van der Waals surface area contributed by atoms with Crippen molar-refractivity contribution in [2.24, 2.45) is 23.3 Å². The molecule has 0 aliphatic heterocycles. The molecule has 0 spiro atoms. The number of hydrogen-bond donors (Lipinski definition) is 10. The van der Waals surface area contributed by atoms with E-state index in [1.165, 1.54) is 0 Å². The number of ether oxygens (including phenoxy) is 1. The minimum absolute atomic E-state index is 0.0278. The van der Waals surface area contributed by atoms with Gasteiger partial charge in [0.15, 0.2) is 5.78 Å². The van der Waals surface area contributed by atoms with Gasteiger partial charge in [-0.1, -0.05) is 58.0 Å². The average Bonchev–Trinajstić information content (AvgIpc) is 3.14. The van der Waals surface area contributed by atoms with Crippen LogP contribution < -0.4 is 43.4 Å². The second-order valence-corrected chi connectivity index (χ2v) is 14.3. The Hall–Kier alpha value is -5.34. The van der Waals surface area contributed by atoms with Crippen LogP contribution in [-0.2, 0) is 49.7 Å². The average molecular weight is 827 g/mol. The van der Waals surface area contributed by atoms with Crippen molar-refractivity contribution in [3.8, 4) is 0 Å². The smallest absolute Gasteiger partial charge is 0.408 e. The van der Waals surface area contributed by atoms with Gasteiger partial charge in [0.1, 0.15) is 36.8 Å². The zero-order valence-corrected chi connectivity index (χ0v) is 33.3. The van der Waals surface area contributed by atoms with Gasteiger partial charge in [0, 0.05) is 6.42 Å². The Labute approximate surface area is 335 Å². The summed E-state index contributed by atoms with van der Waals surface area (Å²) in [6, 6.07) is -0.340. The van der Waals surface area contributed by atoms with Crippen molar-refractivity contribution < 1.29 is 58.1 Å². The lowest BCUT2D eigenvalue weighted by atomic mass is 10.0. The van der Waals surface area contributed by atoms with E-state index in [1.807, 2.05) is 0 Å². The number of alkyl halides is 1. The monoisotopic (exact) mass is 826 g/mol. The normalized spacial score (nSPS) is 14.7. The summed E-state index contributed by atoms with van der Waals surface area (Å²) in [5, 5.41) is 34.4. The van der Waals surface area contributed by atoms with Gasteiger partial charge in [-0.2, -0.15) is 0 Å². The molecule has 0 saturated carbocycles. The van der Waals surface area contributed by atoms with Crippen molar-refractivity contribution in [2.45, 2.75) is 109 Å². The Kier molecular flexibility index (Phi) is 21.8. The molecule has 0 fully saturated rings. The first kappa shape index (κ1) is 49.7. The molecular formula is C36H55ClN8O12. The van der Waals surface area contributed by atoms with E-state index in [0.717, 1.165) is 6.92 Å². The van der Waals surface area contributed by atoms with Crippen LogP contribution in [0.2, 0.25) is 0 Å². The molecule has 0 aliphatic rings. The highest BCUT2D eigenvalue weighted by Crippen LogP contribution is 2.10. The molecule has 12 N–H and O–H groups in total. The maximum Gasteiger partial charge on any atom is 0.408 e. The molecule has 57 heavy (non-hydrogen) atoms. The van der Waals surface area contributed by atoms with Crippen molar-refractivity contribution in [2.75, 3.05) is 12.5 Å². The molecule has 7 unspecified atom stereocenters. The van der Waals surface area contributed by atoms with E-state index in [4.69, 9.17) is 27.8 Å². The molecule has 0 aromatic heterocycles. The van der Waals surface area contributed by atoms with Crippen molar-refractivity contribution in [3.05, 3.63) is 35.9 Å². The van der Waals surface area contributed by atoms with Gasteiger partial charge in [0.05, 0.1) is 31.1 Å². The summed E-state index contributed by atoms with van der Waals surface area (Å²) in [6.45, 7) is 6.63. The predicted octanol–water partition coefficient (Wildman–Crippen LogP) is -2.27. The summed E-state index contributed by atoms with van der Waals surface area (Å²) < 4.78 is 5.18. The van der Waals surface area contributed by atoms with Crippen LogP contribution >= 0.6 is 11.6 Å². The van der Waals surface area contributed by atoms with E-state index in [9.17, 15) is 53.4 Å². The van der Waals surface area contributed by atoms with Crippen LogP contribution in [0.25, 0.3) is 0 Å². The second-order valence-electron chi connectivity index (χ2n) is 14.0. The van der Waals surface area contributed by atoms with Crippen LogP contribution in [0.1, 0.15) is 65.9 Å². The van der Waals surface area contributed by atoms with Gasteiger partial charge in [0.2, 0.25) is 41.4 Å². The van der Waals surface area contributed by atoms with E-state index >= 15 is 0 Å². The molecule has 1 aromatic rings. The molecule has 0 heterocycles. The molecule has 318 valence electrons. The summed E-state index contributed by atoms with van der Waals surface area (Å²) in [7, 11) is 0. The first-order valence-corrected chi connectivity index (χ1v) is 18.7.